The lowest BCUT2D eigenvalue weighted by Gasteiger charge is -2.16. The Labute approximate surface area is 99.4 Å². The van der Waals surface area contributed by atoms with Crippen molar-refractivity contribution in [3.05, 3.63) is 28.2 Å². The molecule has 0 atom stereocenters. The van der Waals surface area contributed by atoms with Crippen LogP contribution >= 0.6 is 15.9 Å². The Hall–Kier alpha value is -0.540. The predicted molar refractivity (Wildman–Crippen MR) is 67.9 cm³/mol. The molecule has 0 spiro atoms. The molecule has 0 saturated heterocycles. The standard InChI is InChI=1S/C12H17BrN2/c13-10-5-6-12(9(7-10)8-14)15-11-3-1-2-4-11/h5-7,11,15H,1-4,8,14H2. The summed E-state index contributed by atoms with van der Waals surface area (Å²) in [6, 6.07) is 6.93. The van der Waals surface area contributed by atoms with Crippen LogP contribution in [0.3, 0.4) is 0 Å². The first-order valence-electron chi connectivity index (χ1n) is 5.54. The van der Waals surface area contributed by atoms with Crippen molar-refractivity contribution >= 4 is 21.6 Å². The van der Waals surface area contributed by atoms with Gasteiger partial charge in [-0.05, 0) is 36.6 Å². The van der Waals surface area contributed by atoms with Gasteiger partial charge < -0.3 is 11.1 Å². The van der Waals surface area contributed by atoms with Crippen LogP contribution < -0.4 is 11.1 Å². The van der Waals surface area contributed by atoms with Crippen molar-refractivity contribution in [2.45, 2.75) is 38.3 Å². The van der Waals surface area contributed by atoms with Gasteiger partial charge in [-0.25, -0.2) is 0 Å². The lowest BCUT2D eigenvalue weighted by Crippen LogP contribution is -2.16. The Kier molecular flexibility index (Phi) is 3.65. The third-order valence-electron chi connectivity index (χ3n) is 3.00. The van der Waals surface area contributed by atoms with Crippen molar-refractivity contribution in [1.82, 2.24) is 0 Å². The highest BCUT2D eigenvalue weighted by Gasteiger charge is 2.15. The predicted octanol–water partition coefficient (Wildman–Crippen LogP) is 3.26. The zero-order chi connectivity index (χ0) is 10.7. The molecule has 3 heteroatoms. The number of hydrogen-bond acceptors (Lipinski definition) is 2. The maximum Gasteiger partial charge on any atom is 0.0388 e. The van der Waals surface area contributed by atoms with Gasteiger partial charge in [0.05, 0.1) is 0 Å². The van der Waals surface area contributed by atoms with Crippen molar-refractivity contribution in [2.24, 2.45) is 5.73 Å². The molecule has 15 heavy (non-hydrogen) atoms. The van der Waals surface area contributed by atoms with Crippen molar-refractivity contribution in [1.29, 1.82) is 0 Å². The van der Waals surface area contributed by atoms with E-state index < -0.39 is 0 Å². The first kappa shape index (κ1) is 11.0. The van der Waals surface area contributed by atoms with Gasteiger partial charge in [0, 0.05) is 22.7 Å². The third kappa shape index (κ3) is 2.73. The number of benzene rings is 1. The lowest BCUT2D eigenvalue weighted by atomic mass is 10.1. The minimum absolute atomic E-state index is 0.592. The molecule has 2 rings (SSSR count). The first-order valence-corrected chi connectivity index (χ1v) is 6.34. The van der Waals surface area contributed by atoms with E-state index in [-0.39, 0.29) is 0 Å². The maximum absolute atomic E-state index is 5.73. The van der Waals surface area contributed by atoms with Gasteiger partial charge in [-0.2, -0.15) is 0 Å². The highest BCUT2D eigenvalue weighted by atomic mass is 79.9. The quantitative estimate of drug-likeness (QED) is 0.883. The molecule has 1 saturated carbocycles. The molecular weight excluding hydrogens is 252 g/mol. The fraction of sp³-hybridized carbons (Fsp3) is 0.500. The Bertz CT molecular complexity index is 332. The summed E-state index contributed by atoms with van der Waals surface area (Å²) in [6.45, 7) is 0.592. The molecule has 82 valence electrons. The summed E-state index contributed by atoms with van der Waals surface area (Å²) < 4.78 is 1.10. The highest BCUT2D eigenvalue weighted by molar-refractivity contribution is 9.10. The van der Waals surface area contributed by atoms with Gasteiger partial charge in [-0.15, -0.1) is 0 Å². The molecule has 3 N–H and O–H groups in total. The molecule has 0 heterocycles. The van der Waals surface area contributed by atoms with Gasteiger partial charge >= 0.3 is 0 Å². The Morgan fingerprint density at radius 1 is 1.33 bits per heavy atom. The van der Waals surface area contributed by atoms with Crippen LogP contribution in [-0.4, -0.2) is 6.04 Å². The molecule has 0 amide bonds. The fourth-order valence-electron chi connectivity index (χ4n) is 2.16. The van der Waals surface area contributed by atoms with Crippen LogP contribution in [0.25, 0.3) is 0 Å². The zero-order valence-corrected chi connectivity index (χ0v) is 10.4. The topological polar surface area (TPSA) is 38.0 Å². The normalized spacial score (nSPS) is 16.9. The SMILES string of the molecule is NCc1cc(Br)ccc1NC1CCCC1. The fourth-order valence-corrected chi connectivity index (χ4v) is 2.57. The van der Waals surface area contributed by atoms with E-state index >= 15 is 0 Å². The van der Waals surface area contributed by atoms with Crippen molar-refractivity contribution < 1.29 is 0 Å². The van der Waals surface area contributed by atoms with Crippen LogP contribution in [0.2, 0.25) is 0 Å². The minimum atomic E-state index is 0.592. The summed E-state index contributed by atoms with van der Waals surface area (Å²) in [5.74, 6) is 0. The van der Waals surface area contributed by atoms with Crippen LogP contribution in [0.5, 0.6) is 0 Å². The van der Waals surface area contributed by atoms with Crippen LogP contribution in [0.15, 0.2) is 22.7 Å². The van der Waals surface area contributed by atoms with E-state index in [1.807, 2.05) is 0 Å². The zero-order valence-electron chi connectivity index (χ0n) is 8.80. The number of anilines is 1. The van der Waals surface area contributed by atoms with Crippen LogP contribution in [0, 0.1) is 0 Å². The molecule has 0 radical (unpaired) electrons. The number of rotatable bonds is 3. The summed E-state index contributed by atoms with van der Waals surface area (Å²) in [5, 5.41) is 3.59. The highest BCUT2D eigenvalue weighted by Crippen LogP contribution is 2.26. The van der Waals surface area contributed by atoms with Gasteiger partial charge in [-0.1, -0.05) is 28.8 Å². The van der Waals surface area contributed by atoms with Crippen molar-refractivity contribution in [3.63, 3.8) is 0 Å². The smallest absolute Gasteiger partial charge is 0.0388 e. The van der Waals surface area contributed by atoms with E-state index in [0.717, 1.165) is 4.47 Å². The van der Waals surface area contributed by atoms with Crippen LogP contribution in [0.1, 0.15) is 31.2 Å². The second-order valence-electron chi connectivity index (χ2n) is 4.13. The summed E-state index contributed by atoms with van der Waals surface area (Å²) in [5.41, 5.74) is 8.13. The first-order chi connectivity index (χ1) is 7.29. The average Bonchev–Trinajstić information content (AvgIpc) is 2.73. The molecule has 0 aromatic heterocycles. The molecular formula is C12H17BrN2. The maximum atomic E-state index is 5.73. The average molecular weight is 269 g/mol. The number of nitrogens with one attached hydrogen (secondary N) is 1. The second kappa shape index (κ2) is 4.99. The largest absolute Gasteiger partial charge is 0.382 e. The molecule has 1 fully saturated rings. The van der Waals surface area contributed by atoms with Gasteiger partial charge in [0.25, 0.3) is 0 Å². The van der Waals surface area contributed by atoms with E-state index in [2.05, 4.69) is 39.4 Å². The van der Waals surface area contributed by atoms with Gasteiger partial charge in [0.2, 0.25) is 0 Å². The number of nitrogens with two attached hydrogens (primary N) is 1. The molecule has 0 unspecified atom stereocenters. The Balaban J connectivity index is 2.12. The molecule has 0 aliphatic heterocycles. The van der Waals surface area contributed by atoms with E-state index in [4.69, 9.17) is 5.73 Å². The number of hydrogen-bond donors (Lipinski definition) is 2. The molecule has 0 bridgehead atoms. The van der Waals surface area contributed by atoms with Crippen molar-refractivity contribution in [3.8, 4) is 0 Å². The molecule has 1 aromatic carbocycles. The summed E-state index contributed by atoms with van der Waals surface area (Å²) in [4.78, 5) is 0. The summed E-state index contributed by atoms with van der Waals surface area (Å²) >= 11 is 3.47. The van der Waals surface area contributed by atoms with E-state index in [1.54, 1.807) is 0 Å². The Morgan fingerprint density at radius 2 is 2.07 bits per heavy atom. The molecule has 2 nitrogen and oxygen atoms in total. The lowest BCUT2D eigenvalue weighted by molar-refractivity contribution is 0.753. The molecule has 1 aromatic rings. The van der Waals surface area contributed by atoms with Gasteiger partial charge in [0.1, 0.15) is 0 Å². The van der Waals surface area contributed by atoms with Gasteiger partial charge in [0.15, 0.2) is 0 Å². The van der Waals surface area contributed by atoms with Crippen LogP contribution in [-0.2, 0) is 6.54 Å². The van der Waals surface area contributed by atoms with Crippen molar-refractivity contribution in [2.75, 3.05) is 5.32 Å². The summed E-state index contributed by atoms with van der Waals surface area (Å²) in [7, 11) is 0. The monoisotopic (exact) mass is 268 g/mol. The van der Waals surface area contributed by atoms with Crippen LogP contribution in [0.4, 0.5) is 5.69 Å². The summed E-state index contributed by atoms with van der Waals surface area (Å²) in [6.07, 6.45) is 5.29. The molecule has 1 aliphatic carbocycles. The van der Waals surface area contributed by atoms with E-state index in [1.165, 1.54) is 36.9 Å². The minimum Gasteiger partial charge on any atom is -0.382 e. The molecule has 1 aliphatic rings. The van der Waals surface area contributed by atoms with E-state index in [9.17, 15) is 0 Å². The Morgan fingerprint density at radius 3 is 2.73 bits per heavy atom. The van der Waals surface area contributed by atoms with Gasteiger partial charge in [-0.3, -0.25) is 0 Å². The second-order valence-corrected chi connectivity index (χ2v) is 5.05. The third-order valence-corrected chi connectivity index (χ3v) is 3.50. The van der Waals surface area contributed by atoms with E-state index in [0.29, 0.717) is 12.6 Å². The number of halogens is 1.